The van der Waals surface area contributed by atoms with Gasteiger partial charge < -0.3 is 10.6 Å². The van der Waals surface area contributed by atoms with Gasteiger partial charge in [0.2, 0.25) is 0 Å². The molecule has 0 aromatic heterocycles. The zero-order valence-electron chi connectivity index (χ0n) is 14.3. The number of hydrogen-bond donors (Lipinski definition) is 2. The number of hydrogen-bond acceptors (Lipinski definition) is 1. The Bertz CT molecular complexity index is 466. The maximum Gasteiger partial charge on any atom is 0.170 e. The van der Waals surface area contributed by atoms with Crippen LogP contribution >= 0.6 is 12.2 Å². The lowest BCUT2D eigenvalue weighted by molar-refractivity contribution is 0.627. The third-order valence-corrected chi connectivity index (χ3v) is 4.05. The van der Waals surface area contributed by atoms with Crippen molar-refractivity contribution >= 4 is 23.0 Å². The molecular weight excluding hydrogens is 276 g/mol. The monoisotopic (exact) mass is 306 g/mol. The Balaban J connectivity index is 3.03. The average Bonchev–Trinajstić information content (AvgIpc) is 2.44. The molecule has 0 spiro atoms. The molecule has 0 radical (unpaired) electrons. The Kier molecular flexibility index (Phi) is 7.16. The minimum Gasteiger partial charge on any atom is -0.362 e. The second kappa shape index (κ2) is 8.38. The first-order valence-corrected chi connectivity index (χ1v) is 8.45. The molecule has 0 aliphatic rings. The first-order chi connectivity index (χ1) is 9.86. The number of para-hydroxylation sites is 1. The van der Waals surface area contributed by atoms with E-state index in [0.29, 0.717) is 17.8 Å². The first kappa shape index (κ1) is 18.0. The van der Waals surface area contributed by atoms with E-state index in [0.717, 1.165) is 18.1 Å². The molecule has 1 rings (SSSR count). The van der Waals surface area contributed by atoms with E-state index in [1.54, 1.807) is 0 Å². The van der Waals surface area contributed by atoms with E-state index < -0.39 is 0 Å². The van der Waals surface area contributed by atoms with Gasteiger partial charge in [-0.05, 0) is 47.5 Å². The predicted molar refractivity (Wildman–Crippen MR) is 98.3 cm³/mol. The number of benzene rings is 1. The van der Waals surface area contributed by atoms with Crippen LogP contribution in [0.15, 0.2) is 18.2 Å². The van der Waals surface area contributed by atoms with Crippen molar-refractivity contribution in [3.05, 3.63) is 29.3 Å². The van der Waals surface area contributed by atoms with Gasteiger partial charge >= 0.3 is 0 Å². The molecule has 0 amide bonds. The minimum absolute atomic E-state index is 0.476. The predicted octanol–water partition coefficient (Wildman–Crippen LogP) is 5.27. The van der Waals surface area contributed by atoms with Crippen LogP contribution in [0, 0.1) is 5.92 Å². The van der Waals surface area contributed by atoms with E-state index in [9.17, 15) is 0 Å². The van der Waals surface area contributed by atoms with Gasteiger partial charge in [-0.1, -0.05) is 59.7 Å². The summed E-state index contributed by atoms with van der Waals surface area (Å²) in [5.41, 5.74) is 3.89. The third kappa shape index (κ3) is 5.31. The molecule has 0 heterocycles. The van der Waals surface area contributed by atoms with Crippen LogP contribution in [0.3, 0.4) is 0 Å². The van der Waals surface area contributed by atoms with Gasteiger partial charge in [-0.25, -0.2) is 0 Å². The van der Waals surface area contributed by atoms with Gasteiger partial charge in [0.1, 0.15) is 0 Å². The topological polar surface area (TPSA) is 24.1 Å². The van der Waals surface area contributed by atoms with Crippen LogP contribution in [-0.2, 0) is 0 Å². The van der Waals surface area contributed by atoms with Gasteiger partial charge in [0.05, 0.1) is 0 Å². The quantitative estimate of drug-likeness (QED) is 0.700. The molecule has 2 N–H and O–H groups in total. The molecule has 1 aromatic carbocycles. The van der Waals surface area contributed by atoms with Crippen LogP contribution < -0.4 is 10.6 Å². The summed E-state index contributed by atoms with van der Waals surface area (Å²) in [6, 6.07) is 6.57. The van der Waals surface area contributed by atoms with Crippen LogP contribution in [0.5, 0.6) is 0 Å². The summed E-state index contributed by atoms with van der Waals surface area (Å²) in [6.07, 6.45) is 1.13. The molecule has 0 saturated carbocycles. The first-order valence-electron chi connectivity index (χ1n) is 8.04. The standard InChI is InChI=1S/C18H30N2S/c1-7-14(6)16-10-8-9-15(13(4)5)17(16)20-18(21)19-11-12(2)3/h8-10,12-14H,7,11H2,1-6H3,(H2,19,20,21). The molecular formula is C18H30N2S. The lowest BCUT2D eigenvalue weighted by atomic mass is 9.90. The highest BCUT2D eigenvalue weighted by Crippen LogP contribution is 2.33. The van der Waals surface area contributed by atoms with E-state index in [4.69, 9.17) is 12.2 Å². The molecule has 0 aliphatic heterocycles. The van der Waals surface area contributed by atoms with Gasteiger partial charge in [-0.2, -0.15) is 0 Å². The van der Waals surface area contributed by atoms with E-state index in [1.807, 2.05) is 0 Å². The summed E-state index contributed by atoms with van der Waals surface area (Å²) < 4.78 is 0. The molecule has 0 bridgehead atoms. The molecule has 21 heavy (non-hydrogen) atoms. The Hall–Kier alpha value is -1.09. The molecule has 118 valence electrons. The maximum atomic E-state index is 5.46. The summed E-state index contributed by atoms with van der Waals surface area (Å²) in [5, 5.41) is 7.48. The summed E-state index contributed by atoms with van der Waals surface area (Å²) >= 11 is 5.46. The lowest BCUT2D eigenvalue weighted by Gasteiger charge is -2.23. The van der Waals surface area contributed by atoms with E-state index in [-0.39, 0.29) is 0 Å². The summed E-state index contributed by atoms with van der Waals surface area (Å²) in [7, 11) is 0. The van der Waals surface area contributed by atoms with Crippen molar-refractivity contribution in [1.82, 2.24) is 5.32 Å². The van der Waals surface area contributed by atoms with Crippen molar-refractivity contribution in [2.75, 3.05) is 11.9 Å². The molecule has 2 nitrogen and oxygen atoms in total. The van der Waals surface area contributed by atoms with Gasteiger partial charge in [0, 0.05) is 12.2 Å². The lowest BCUT2D eigenvalue weighted by Crippen LogP contribution is -2.32. The maximum absolute atomic E-state index is 5.46. The Morgan fingerprint density at radius 3 is 2.24 bits per heavy atom. The third-order valence-electron chi connectivity index (χ3n) is 3.80. The smallest absolute Gasteiger partial charge is 0.170 e. The van der Waals surface area contributed by atoms with E-state index in [1.165, 1.54) is 16.8 Å². The number of thiocarbonyl (C=S) groups is 1. The van der Waals surface area contributed by atoms with Crippen molar-refractivity contribution in [2.24, 2.45) is 5.92 Å². The molecule has 3 heteroatoms. The van der Waals surface area contributed by atoms with Crippen LogP contribution in [0.1, 0.15) is 70.9 Å². The number of rotatable bonds is 6. The van der Waals surface area contributed by atoms with Crippen molar-refractivity contribution in [1.29, 1.82) is 0 Å². The number of anilines is 1. The van der Waals surface area contributed by atoms with Gasteiger partial charge in [-0.15, -0.1) is 0 Å². The molecule has 1 aromatic rings. The highest BCUT2D eigenvalue weighted by Gasteiger charge is 2.15. The van der Waals surface area contributed by atoms with Crippen LogP contribution in [0.25, 0.3) is 0 Å². The van der Waals surface area contributed by atoms with E-state index in [2.05, 4.69) is 70.4 Å². The fraction of sp³-hybridized carbons (Fsp3) is 0.611. The largest absolute Gasteiger partial charge is 0.362 e. The SMILES string of the molecule is CCC(C)c1cccc(C(C)C)c1NC(=S)NCC(C)C. The van der Waals surface area contributed by atoms with Crippen LogP contribution in [0.4, 0.5) is 5.69 Å². The van der Waals surface area contributed by atoms with Crippen LogP contribution in [0.2, 0.25) is 0 Å². The zero-order valence-corrected chi connectivity index (χ0v) is 15.1. The molecule has 0 aliphatic carbocycles. The second-order valence-electron chi connectivity index (χ2n) is 6.50. The van der Waals surface area contributed by atoms with Crippen molar-refractivity contribution < 1.29 is 0 Å². The highest BCUT2D eigenvalue weighted by molar-refractivity contribution is 7.80. The van der Waals surface area contributed by atoms with Gasteiger partial charge in [0.25, 0.3) is 0 Å². The van der Waals surface area contributed by atoms with Gasteiger partial charge in [0.15, 0.2) is 5.11 Å². The molecule has 1 atom stereocenters. The highest BCUT2D eigenvalue weighted by atomic mass is 32.1. The fourth-order valence-electron chi connectivity index (χ4n) is 2.30. The fourth-order valence-corrected chi connectivity index (χ4v) is 2.48. The van der Waals surface area contributed by atoms with Crippen molar-refractivity contribution in [3.63, 3.8) is 0 Å². The van der Waals surface area contributed by atoms with Crippen LogP contribution in [-0.4, -0.2) is 11.7 Å². The number of nitrogens with one attached hydrogen (secondary N) is 2. The summed E-state index contributed by atoms with van der Waals surface area (Å²) in [5.74, 6) is 1.59. The zero-order chi connectivity index (χ0) is 16.0. The Morgan fingerprint density at radius 2 is 1.71 bits per heavy atom. The molecule has 0 fully saturated rings. The minimum atomic E-state index is 0.476. The Labute approximate surface area is 135 Å². The normalized spacial score (nSPS) is 12.6. The average molecular weight is 307 g/mol. The second-order valence-corrected chi connectivity index (χ2v) is 6.91. The van der Waals surface area contributed by atoms with Gasteiger partial charge in [-0.3, -0.25) is 0 Å². The summed E-state index contributed by atoms with van der Waals surface area (Å²) in [4.78, 5) is 0. The summed E-state index contributed by atoms with van der Waals surface area (Å²) in [6.45, 7) is 14.2. The molecule has 1 unspecified atom stereocenters. The van der Waals surface area contributed by atoms with E-state index >= 15 is 0 Å². The van der Waals surface area contributed by atoms with Crippen molar-refractivity contribution in [3.8, 4) is 0 Å². The molecule has 0 saturated heterocycles. The van der Waals surface area contributed by atoms with Crippen molar-refractivity contribution in [2.45, 2.75) is 59.8 Å². The Morgan fingerprint density at radius 1 is 1.10 bits per heavy atom.